The van der Waals surface area contributed by atoms with Crippen LogP contribution < -0.4 is 0 Å². The van der Waals surface area contributed by atoms with Crippen LogP contribution >= 0.6 is 0 Å². The van der Waals surface area contributed by atoms with Gasteiger partial charge in [-0.15, -0.1) is 0 Å². The Bertz CT molecular complexity index is 362. The molecule has 4 heteroatoms. The van der Waals surface area contributed by atoms with Crippen molar-refractivity contribution < 1.29 is 9.72 Å². The van der Waals surface area contributed by atoms with Crippen molar-refractivity contribution in [1.29, 1.82) is 0 Å². The Balaban J connectivity index is 2.15. The molecule has 0 bridgehead atoms. The van der Waals surface area contributed by atoms with E-state index >= 15 is 0 Å². The van der Waals surface area contributed by atoms with Gasteiger partial charge in [-0.2, -0.15) is 0 Å². The molecule has 1 saturated carbocycles. The highest BCUT2D eigenvalue weighted by Gasteiger charge is 2.36. The molecule has 0 aromatic carbocycles. The molecule has 4 nitrogen and oxygen atoms in total. The standard InChI is InChI=1S/C14H21NO3/c16-13-9-5-4-8-12(10-13)14(15(17)18)11-6-2-1-3-7-11/h6,12,14H,1-5,7-10H2/t12-,14+/m0/s1. The van der Waals surface area contributed by atoms with Crippen LogP contribution in [-0.4, -0.2) is 16.7 Å². The average Bonchev–Trinajstić information content (AvgIpc) is 2.55. The van der Waals surface area contributed by atoms with Crippen molar-refractivity contribution in [3.63, 3.8) is 0 Å². The zero-order chi connectivity index (χ0) is 13.0. The highest BCUT2D eigenvalue weighted by Crippen LogP contribution is 2.32. The second kappa shape index (κ2) is 6.12. The van der Waals surface area contributed by atoms with Crippen molar-refractivity contribution in [2.45, 2.75) is 63.8 Å². The van der Waals surface area contributed by atoms with Gasteiger partial charge in [0, 0.05) is 23.7 Å². The number of hydrogen-bond donors (Lipinski definition) is 0. The Morgan fingerprint density at radius 1 is 1.22 bits per heavy atom. The molecular formula is C14H21NO3. The smallest absolute Gasteiger partial charge is 0.237 e. The fraction of sp³-hybridized carbons (Fsp3) is 0.786. The SMILES string of the molecule is O=C1CCCC[C@H]([C@@H](C2=CCCCC2)[N+](=O)[O-])C1. The van der Waals surface area contributed by atoms with E-state index in [1.165, 1.54) is 0 Å². The van der Waals surface area contributed by atoms with Gasteiger partial charge in [0.2, 0.25) is 6.04 Å². The topological polar surface area (TPSA) is 60.2 Å². The highest BCUT2D eigenvalue weighted by molar-refractivity contribution is 5.78. The van der Waals surface area contributed by atoms with Gasteiger partial charge in [-0.05, 0) is 44.1 Å². The van der Waals surface area contributed by atoms with Crippen LogP contribution in [0.25, 0.3) is 0 Å². The van der Waals surface area contributed by atoms with Gasteiger partial charge < -0.3 is 0 Å². The molecule has 100 valence electrons. The first-order valence-electron chi connectivity index (χ1n) is 7.02. The van der Waals surface area contributed by atoms with E-state index in [1.54, 1.807) is 0 Å². The quantitative estimate of drug-likeness (QED) is 0.335. The number of carbonyl (C=O) groups excluding carboxylic acids is 1. The summed E-state index contributed by atoms with van der Waals surface area (Å²) in [7, 11) is 0. The molecule has 0 saturated heterocycles. The van der Waals surface area contributed by atoms with Crippen LogP contribution in [0.2, 0.25) is 0 Å². The number of Topliss-reactive ketones (excluding diaryl/α,β-unsaturated/α-hetero) is 1. The van der Waals surface area contributed by atoms with E-state index in [1.807, 2.05) is 6.08 Å². The number of carbonyl (C=O) groups is 1. The molecule has 18 heavy (non-hydrogen) atoms. The summed E-state index contributed by atoms with van der Waals surface area (Å²) in [4.78, 5) is 22.9. The van der Waals surface area contributed by atoms with E-state index in [2.05, 4.69) is 0 Å². The lowest BCUT2D eigenvalue weighted by Gasteiger charge is -2.23. The van der Waals surface area contributed by atoms with Crippen molar-refractivity contribution >= 4 is 5.78 Å². The predicted molar refractivity (Wildman–Crippen MR) is 68.9 cm³/mol. The van der Waals surface area contributed by atoms with Crippen molar-refractivity contribution in [3.05, 3.63) is 21.8 Å². The molecule has 2 atom stereocenters. The van der Waals surface area contributed by atoms with Crippen LogP contribution in [0, 0.1) is 16.0 Å². The molecule has 2 rings (SSSR count). The second-order valence-corrected chi connectivity index (χ2v) is 5.50. The summed E-state index contributed by atoms with van der Waals surface area (Å²) in [6.07, 6.45) is 9.74. The summed E-state index contributed by atoms with van der Waals surface area (Å²) in [5.41, 5.74) is 0.978. The summed E-state index contributed by atoms with van der Waals surface area (Å²) in [5.74, 6) is 0.139. The lowest BCUT2D eigenvalue weighted by Crippen LogP contribution is -2.32. The maximum absolute atomic E-state index is 11.7. The maximum atomic E-state index is 11.7. The number of ketones is 1. The predicted octanol–water partition coefficient (Wildman–Crippen LogP) is 3.28. The van der Waals surface area contributed by atoms with Crippen molar-refractivity contribution in [2.75, 3.05) is 0 Å². The van der Waals surface area contributed by atoms with E-state index in [4.69, 9.17) is 0 Å². The molecule has 0 heterocycles. The van der Waals surface area contributed by atoms with E-state index in [-0.39, 0.29) is 16.6 Å². The second-order valence-electron chi connectivity index (χ2n) is 5.50. The Morgan fingerprint density at radius 3 is 2.67 bits per heavy atom. The number of nitro groups is 1. The third-order valence-corrected chi connectivity index (χ3v) is 4.15. The molecular weight excluding hydrogens is 230 g/mol. The fourth-order valence-electron chi connectivity index (χ4n) is 3.24. The summed E-state index contributed by atoms with van der Waals surface area (Å²) in [6, 6.07) is -0.604. The molecule has 1 fully saturated rings. The molecule has 0 aromatic rings. The number of allylic oxidation sites excluding steroid dienone is 1. The minimum absolute atomic E-state index is 0.0700. The molecule has 0 N–H and O–H groups in total. The molecule has 0 radical (unpaired) electrons. The van der Waals surface area contributed by atoms with Gasteiger partial charge in [0.1, 0.15) is 5.78 Å². The van der Waals surface area contributed by atoms with Gasteiger partial charge in [0.25, 0.3) is 0 Å². The molecule has 2 aliphatic carbocycles. The maximum Gasteiger partial charge on any atom is 0.237 e. The lowest BCUT2D eigenvalue weighted by molar-refractivity contribution is -0.522. The molecule has 0 aliphatic heterocycles. The third-order valence-electron chi connectivity index (χ3n) is 4.15. The summed E-state index contributed by atoms with van der Waals surface area (Å²) >= 11 is 0. The largest absolute Gasteiger partial charge is 0.300 e. The normalized spacial score (nSPS) is 27.2. The van der Waals surface area contributed by atoms with Gasteiger partial charge in [-0.3, -0.25) is 14.9 Å². The third kappa shape index (κ3) is 3.18. The first-order chi connectivity index (χ1) is 8.68. The van der Waals surface area contributed by atoms with Crippen molar-refractivity contribution in [1.82, 2.24) is 0 Å². The van der Waals surface area contributed by atoms with Gasteiger partial charge in [0.05, 0.1) is 0 Å². The molecule has 2 aliphatic rings. The number of nitrogens with zero attached hydrogens (tertiary/aromatic N) is 1. The Kier molecular flexibility index (Phi) is 4.50. The summed E-state index contributed by atoms with van der Waals surface area (Å²) in [5, 5.41) is 11.4. The molecule has 0 amide bonds. The van der Waals surface area contributed by atoms with Gasteiger partial charge in [0.15, 0.2) is 0 Å². The van der Waals surface area contributed by atoms with Crippen LogP contribution in [0.3, 0.4) is 0 Å². The Morgan fingerprint density at radius 2 is 2.00 bits per heavy atom. The highest BCUT2D eigenvalue weighted by atomic mass is 16.6. The molecule has 0 unspecified atom stereocenters. The zero-order valence-corrected chi connectivity index (χ0v) is 10.8. The van der Waals surface area contributed by atoms with Crippen molar-refractivity contribution in [3.8, 4) is 0 Å². The van der Waals surface area contributed by atoms with E-state index in [0.29, 0.717) is 12.8 Å². The van der Waals surface area contributed by atoms with Crippen LogP contribution in [0.4, 0.5) is 0 Å². The van der Waals surface area contributed by atoms with Crippen LogP contribution in [0.1, 0.15) is 57.8 Å². The minimum atomic E-state index is -0.604. The summed E-state index contributed by atoms with van der Waals surface area (Å²) in [6.45, 7) is 0. The van der Waals surface area contributed by atoms with E-state index < -0.39 is 6.04 Å². The zero-order valence-electron chi connectivity index (χ0n) is 10.8. The van der Waals surface area contributed by atoms with Crippen molar-refractivity contribution in [2.24, 2.45) is 5.92 Å². The first kappa shape index (κ1) is 13.2. The Hall–Kier alpha value is -1.19. The average molecular weight is 251 g/mol. The lowest BCUT2D eigenvalue weighted by atomic mass is 9.83. The van der Waals surface area contributed by atoms with Crippen LogP contribution in [-0.2, 0) is 4.79 Å². The van der Waals surface area contributed by atoms with Crippen LogP contribution in [0.15, 0.2) is 11.6 Å². The number of hydrogen-bond acceptors (Lipinski definition) is 3. The van der Waals surface area contributed by atoms with Crippen LogP contribution in [0.5, 0.6) is 0 Å². The van der Waals surface area contributed by atoms with Gasteiger partial charge in [-0.1, -0.05) is 12.5 Å². The first-order valence-corrected chi connectivity index (χ1v) is 7.02. The molecule has 0 spiro atoms. The van der Waals surface area contributed by atoms with E-state index in [0.717, 1.165) is 50.5 Å². The van der Waals surface area contributed by atoms with Gasteiger partial charge >= 0.3 is 0 Å². The minimum Gasteiger partial charge on any atom is -0.300 e. The van der Waals surface area contributed by atoms with Gasteiger partial charge in [-0.25, -0.2) is 0 Å². The summed E-state index contributed by atoms with van der Waals surface area (Å²) < 4.78 is 0. The monoisotopic (exact) mass is 251 g/mol. The molecule has 0 aromatic heterocycles. The van der Waals surface area contributed by atoms with E-state index in [9.17, 15) is 14.9 Å². The fourth-order valence-corrected chi connectivity index (χ4v) is 3.24. The number of rotatable bonds is 3. The Labute approximate surface area is 108 Å².